The largest absolute Gasteiger partial charge is 0.478 e. The van der Waals surface area contributed by atoms with E-state index in [-0.39, 0.29) is 5.41 Å². The second-order valence-electron chi connectivity index (χ2n) is 5.80. The van der Waals surface area contributed by atoms with Gasteiger partial charge in [0.05, 0.1) is 0 Å². The normalized spacial score (nSPS) is 18.8. The lowest BCUT2D eigenvalue weighted by Crippen LogP contribution is -2.28. The van der Waals surface area contributed by atoms with Gasteiger partial charge in [0.15, 0.2) is 0 Å². The fourth-order valence-corrected chi connectivity index (χ4v) is 3.33. The zero-order chi connectivity index (χ0) is 14.4. The van der Waals surface area contributed by atoms with E-state index in [9.17, 15) is 9.90 Å². The minimum atomic E-state index is -0.772. The Morgan fingerprint density at radius 1 is 1.20 bits per heavy atom. The lowest BCUT2D eigenvalue weighted by Gasteiger charge is -2.37. The third-order valence-electron chi connectivity index (χ3n) is 4.59. The molecule has 2 nitrogen and oxygen atoms in total. The van der Waals surface area contributed by atoms with Crippen molar-refractivity contribution >= 4 is 5.97 Å². The van der Waals surface area contributed by atoms with Gasteiger partial charge in [-0.15, -0.1) is 0 Å². The van der Waals surface area contributed by atoms with Gasteiger partial charge in [0.1, 0.15) is 0 Å². The zero-order valence-electron chi connectivity index (χ0n) is 12.3. The van der Waals surface area contributed by atoms with Gasteiger partial charge in [0, 0.05) is 5.57 Å². The van der Waals surface area contributed by atoms with Crippen LogP contribution in [0.2, 0.25) is 0 Å². The molecule has 0 aromatic heterocycles. The third kappa shape index (κ3) is 3.30. The molecule has 2 heteroatoms. The minimum absolute atomic E-state index is 0.148. The number of carboxylic acid groups (broad SMARTS) is 1. The van der Waals surface area contributed by atoms with Gasteiger partial charge >= 0.3 is 5.97 Å². The fourth-order valence-electron chi connectivity index (χ4n) is 3.33. The first-order valence-electron chi connectivity index (χ1n) is 7.66. The number of carbonyl (C=O) groups is 1. The lowest BCUT2D eigenvalue weighted by molar-refractivity contribution is -0.132. The Bertz CT molecular complexity index is 467. The summed E-state index contributed by atoms with van der Waals surface area (Å²) in [5, 5.41) is 9.19. The molecule has 1 fully saturated rings. The van der Waals surface area contributed by atoms with Gasteiger partial charge < -0.3 is 5.11 Å². The number of hydrogen-bond acceptors (Lipinski definition) is 1. The summed E-state index contributed by atoms with van der Waals surface area (Å²) < 4.78 is 0. The van der Waals surface area contributed by atoms with Crippen LogP contribution in [-0.4, -0.2) is 11.1 Å². The molecule has 1 aliphatic rings. The van der Waals surface area contributed by atoms with E-state index in [1.54, 1.807) is 0 Å². The molecule has 0 heterocycles. The van der Waals surface area contributed by atoms with Crippen LogP contribution in [0.25, 0.3) is 0 Å². The Morgan fingerprint density at radius 2 is 1.85 bits per heavy atom. The SMILES string of the molecule is CCC(=CCC1(c2ccccc2)CCCCC1)C(=O)O. The van der Waals surface area contributed by atoms with E-state index in [2.05, 4.69) is 24.3 Å². The van der Waals surface area contributed by atoms with E-state index in [1.165, 1.54) is 37.7 Å². The molecule has 1 N–H and O–H groups in total. The summed E-state index contributed by atoms with van der Waals surface area (Å²) in [4.78, 5) is 11.2. The number of carboxylic acids is 1. The molecule has 0 bridgehead atoms. The standard InChI is InChI=1S/C18H24O2/c1-2-15(17(19)20)11-14-18(12-7-4-8-13-18)16-9-5-3-6-10-16/h3,5-6,9-11H,2,4,7-8,12-14H2,1H3,(H,19,20). The molecule has 0 radical (unpaired) electrons. The molecular formula is C18H24O2. The molecule has 2 rings (SSSR count). The molecule has 0 atom stereocenters. The number of hydrogen-bond donors (Lipinski definition) is 1. The fraction of sp³-hybridized carbons (Fsp3) is 0.500. The van der Waals surface area contributed by atoms with Crippen LogP contribution in [0.5, 0.6) is 0 Å². The van der Waals surface area contributed by atoms with Crippen molar-refractivity contribution in [3.63, 3.8) is 0 Å². The molecular weight excluding hydrogens is 248 g/mol. The molecule has 0 aliphatic heterocycles. The first kappa shape index (κ1) is 14.8. The average Bonchev–Trinajstić information content (AvgIpc) is 2.49. The van der Waals surface area contributed by atoms with E-state index in [0.717, 1.165) is 6.42 Å². The predicted molar refractivity (Wildman–Crippen MR) is 81.8 cm³/mol. The molecule has 1 saturated carbocycles. The van der Waals surface area contributed by atoms with Crippen LogP contribution in [-0.2, 0) is 10.2 Å². The van der Waals surface area contributed by atoms with Gasteiger partial charge in [-0.1, -0.05) is 62.6 Å². The number of benzene rings is 1. The molecule has 108 valence electrons. The second-order valence-corrected chi connectivity index (χ2v) is 5.80. The van der Waals surface area contributed by atoms with E-state index in [4.69, 9.17) is 0 Å². The molecule has 1 aromatic rings. The summed E-state index contributed by atoms with van der Waals surface area (Å²) in [7, 11) is 0. The Morgan fingerprint density at radius 3 is 2.40 bits per heavy atom. The quantitative estimate of drug-likeness (QED) is 0.789. The molecule has 1 aliphatic carbocycles. The maximum atomic E-state index is 11.2. The Balaban J connectivity index is 2.26. The first-order chi connectivity index (χ1) is 9.68. The van der Waals surface area contributed by atoms with Gasteiger partial charge in [0.25, 0.3) is 0 Å². The van der Waals surface area contributed by atoms with E-state index in [0.29, 0.717) is 12.0 Å². The second kappa shape index (κ2) is 6.74. The number of aliphatic carboxylic acids is 1. The van der Waals surface area contributed by atoms with Crippen molar-refractivity contribution in [2.45, 2.75) is 57.3 Å². The van der Waals surface area contributed by atoms with E-state index < -0.39 is 5.97 Å². The molecule has 0 amide bonds. The maximum absolute atomic E-state index is 11.2. The van der Waals surface area contributed by atoms with Crippen LogP contribution in [0, 0.1) is 0 Å². The number of allylic oxidation sites excluding steroid dienone is 1. The third-order valence-corrected chi connectivity index (χ3v) is 4.59. The summed E-state index contributed by atoms with van der Waals surface area (Å²) in [5.74, 6) is -0.772. The van der Waals surface area contributed by atoms with Gasteiger partial charge in [-0.05, 0) is 36.7 Å². The van der Waals surface area contributed by atoms with Crippen molar-refractivity contribution < 1.29 is 9.90 Å². The van der Waals surface area contributed by atoms with Crippen LogP contribution in [0.1, 0.15) is 57.4 Å². The summed E-state index contributed by atoms with van der Waals surface area (Å²) in [6.07, 6.45) is 9.55. The predicted octanol–water partition coefficient (Wildman–Crippen LogP) is 4.70. The van der Waals surface area contributed by atoms with Crippen molar-refractivity contribution in [2.75, 3.05) is 0 Å². The topological polar surface area (TPSA) is 37.3 Å². The zero-order valence-corrected chi connectivity index (χ0v) is 12.3. The highest BCUT2D eigenvalue weighted by atomic mass is 16.4. The Hall–Kier alpha value is -1.57. The van der Waals surface area contributed by atoms with Crippen molar-refractivity contribution in [2.24, 2.45) is 0 Å². The van der Waals surface area contributed by atoms with Gasteiger partial charge in [-0.25, -0.2) is 4.79 Å². The Labute approximate surface area is 121 Å². The van der Waals surface area contributed by atoms with Crippen LogP contribution in [0.4, 0.5) is 0 Å². The monoisotopic (exact) mass is 272 g/mol. The summed E-state index contributed by atoms with van der Waals surface area (Å²) in [6.45, 7) is 1.91. The summed E-state index contributed by atoms with van der Waals surface area (Å²) in [6, 6.07) is 10.6. The first-order valence-corrected chi connectivity index (χ1v) is 7.66. The Kier molecular flexibility index (Phi) is 4.99. The highest BCUT2D eigenvalue weighted by molar-refractivity contribution is 5.86. The molecule has 1 aromatic carbocycles. The lowest BCUT2D eigenvalue weighted by atomic mass is 9.67. The van der Waals surface area contributed by atoms with Crippen LogP contribution < -0.4 is 0 Å². The molecule has 0 saturated heterocycles. The van der Waals surface area contributed by atoms with E-state index in [1.807, 2.05) is 19.1 Å². The highest BCUT2D eigenvalue weighted by Crippen LogP contribution is 2.42. The summed E-state index contributed by atoms with van der Waals surface area (Å²) >= 11 is 0. The smallest absolute Gasteiger partial charge is 0.331 e. The highest BCUT2D eigenvalue weighted by Gasteiger charge is 2.32. The van der Waals surface area contributed by atoms with Crippen molar-refractivity contribution in [1.82, 2.24) is 0 Å². The van der Waals surface area contributed by atoms with E-state index >= 15 is 0 Å². The average molecular weight is 272 g/mol. The molecule has 20 heavy (non-hydrogen) atoms. The van der Waals surface area contributed by atoms with Gasteiger partial charge in [-0.2, -0.15) is 0 Å². The molecule has 0 spiro atoms. The van der Waals surface area contributed by atoms with Gasteiger partial charge in [0.2, 0.25) is 0 Å². The molecule has 0 unspecified atom stereocenters. The maximum Gasteiger partial charge on any atom is 0.331 e. The van der Waals surface area contributed by atoms with Crippen LogP contribution >= 0.6 is 0 Å². The number of rotatable bonds is 5. The van der Waals surface area contributed by atoms with Crippen molar-refractivity contribution in [3.8, 4) is 0 Å². The van der Waals surface area contributed by atoms with Crippen LogP contribution in [0.3, 0.4) is 0 Å². The van der Waals surface area contributed by atoms with Crippen molar-refractivity contribution in [3.05, 3.63) is 47.5 Å². The van der Waals surface area contributed by atoms with Crippen LogP contribution in [0.15, 0.2) is 42.0 Å². The summed E-state index contributed by atoms with van der Waals surface area (Å²) in [5.41, 5.74) is 2.07. The minimum Gasteiger partial charge on any atom is -0.478 e. The van der Waals surface area contributed by atoms with Crippen molar-refractivity contribution in [1.29, 1.82) is 0 Å². The van der Waals surface area contributed by atoms with Gasteiger partial charge in [-0.3, -0.25) is 0 Å².